The van der Waals surface area contributed by atoms with E-state index in [-0.39, 0.29) is 0 Å². The van der Waals surface area contributed by atoms with Crippen LogP contribution in [-0.4, -0.2) is 35.9 Å². The molecule has 94 valence electrons. The number of aliphatic hydroxyl groups is 1. The van der Waals surface area contributed by atoms with E-state index in [0.29, 0.717) is 12.6 Å². The molecule has 0 aromatic heterocycles. The van der Waals surface area contributed by atoms with Gasteiger partial charge in [-0.25, -0.2) is 0 Å². The lowest BCUT2D eigenvalue weighted by Gasteiger charge is -2.29. The molecule has 3 nitrogen and oxygen atoms in total. The Morgan fingerprint density at radius 1 is 1.25 bits per heavy atom. The largest absolute Gasteiger partial charge is 0.389 e. The van der Waals surface area contributed by atoms with Crippen molar-refractivity contribution in [2.45, 2.75) is 63.6 Å². The summed E-state index contributed by atoms with van der Waals surface area (Å²) in [5.74, 6) is 0.782. The minimum atomic E-state index is -0.587. The number of hydrogen-bond donors (Lipinski definition) is 3. The van der Waals surface area contributed by atoms with Gasteiger partial charge in [-0.3, -0.25) is 0 Å². The van der Waals surface area contributed by atoms with Gasteiger partial charge in [-0.1, -0.05) is 6.42 Å². The van der Waals surface area contributed by atoms with Crippen LogP contribution in [0.2, 0.25) is 0 Å². The van der Waals surface area contributed by atoms with E-state index >= 15 is 0 Å². The minimum Gasteiger partial charge on any atom is -0.389 e. The van der Waals surface area contributed by atoms with Crippen molar-refractivity contribution in [3.8, 4) is 0 Å². The maximum Gasteiger partial charge on any atom is 0.0715 e. The molecule has 1 saturated heterocycles. The fraction of sp³-hybridized carbons (Fsp3) is 1.00. The summed E-state index contributed by atoms with van der Waals surface area (Å²) in [6, 6.07) is 1.34. The fourth-order valence-corrected chi connectivity index (χ4v) is 3.18. The quantitative estimate of drug-likeness (QED) is 0.676. The number of nitrogens with one attached hydrogen (secondary N) is 2. The average Bonchev–Trinajstić information content (AvgIpc) is 2.84. The van der Waals surface area contributed by atoms with Gasteiger partial charge in [-0.2, -0.15) is 0 Å². The van der Waals surface area contributed by atoms with Crippen LogP contribution in [0.25, 0.3) is 0 Å². The summed E-state index contributed by atoms with van der Waals surface area (Å²) in [5.41, 5.74) is -0.587. The van der Waals surface area contributed by atoms with Crippen LogP contribution in [0.5, 0.6) is 0 Å². The fourth-order valence-electron chi connectivity index (χ4n) is 3.18. The molecular weight excluding hydrogens is 200 g/mol. The van der Waals surface area contributed by atoms with Crippen LogP contribution >= 0.6 is 0 Å². The smallest absolute Gasteiger partial charge is 0.0715 e. The molecule has 0 spiro atoms. The van der Waals surface area contributed by atoms with Crippen LogP contribution in [0.3, 0.4) is 0 Å². The highest BCUT2D eigenvalue weighted by atomic mass is 16.3. The molecule has 0 bridgehead atoms. The zero-order chi connectivity index (χ0) is 11.6. The molecule has 1 saturated carbocycles. The molecule has 2 rings (SSSR count). The molecule has 0 aromatic rings. The predicted octanol–water partition coefficient (Wildman–Crippen LogP) is 1.27. The molecule has 16 heavy (non-hydrogen) atoms. The molecule has 3 unspecified atom stereocenters. The zero-order valence-corrected chi connectivity index (χ0v) is 10.6. The Bertz CT molecular complexity index is 218. The van der Waals surface area contributed by atoms with Gasteiger partial charge in [0.1, 0.15) is 0 Å². The van der Waals surface area contributed by atoms with Gasteiger partial charge in [0.2, 0.25) is 0 Å². The first-order valence-electron chi connectivity index (χ1n) is 6.75. The summed E-state index contributed by atoms with van der Waals surface area (Å²) in [6.07, 6.45) is 6.64. The van der Waals surface area contributed by atoms with Gasteiger partial charge in [0, 0.05) is 18.6 Å². The Kier molecular flexibility index (Phi) is 3.88. The van der Waals surface area contributed by atoms with E-state index in [1.54, 1.807) is 0 Å². The molecule has 2 aliphatic rings. The first kappa shape index (κ1) is 12.3. The van der Waals surface area contributed by atoms with Gasteiger partial charge < -0.3 is 15.7 Å². The van der Waals surface area contributed by atoms with Gasteiger partial charge in [0.25, 0.3) is 0 Å². The van der Waals surface area contributed by atoms with Crippen LogP contribution in [-0.2, 0) is 0 Å². The highest BCUT2D eigenvalue weighted by molar-refractivity contribution is 4.93. The second-order valence-corrected chi connectivity index (χ2v) is 6.10. The monoisotopic (exact) mass is 226 g/mol. The molecule has 0 radical (unpaired) electrons. The van der Waals surface area contributed by atoms with E-state index < -0.39 is 5.60 Å². The van der Waals surface area contributed by atoms with Crippen molar-refractivity contribution in [3.05, 3.63) is 0 Å². The summed E-state index contributed by atoms with van der Waals surface area (Å²) >= 11 is 0. The normalized spacial score (nSPS) is 35.8. The zero-order valence-electron chi connectivity index (χ0n) is 10.6. The van der Waals surface area contributed by atoms with Gasteiger partial charge in [0.15, 0.2) is 0 Å². The summed E-state index contributed by atoms with van der Waals surface area (Å²) in [6.45, 7) is 5.65. The summed E-state index contributed by atoms with van der Waals surface area (Å²) in [7, 11) is 0. The first-order chi connectivity index (χ1) is 7.56. The number of hydrogen-bond acceptors (Lipinski definition) is 3. The Morgan fingerprint density at radius 3 is 2.69 bits per heavy atom. The maximum atomic E-state index is 9.75. The lowest BCUT2D eigenvalue weighted by molar-refractivity contribution is 0.0737. The summed E-state index contributed by atoms with van der Waals surface area (Å²) < 4.78 is 0. The van der Waals surface area contributed by atoms with Crippen molar-refractivity contribution in [2.75, 3.05) is 13.1 Å². The summed E-state index contributed by atoms with van der Waals surface area (Å²) in [4.78, 5) is 0. The SMILES string of the molecule is CC(C)(O)CNC1CCCC1C1CCCN1. The third-order valence-corrected chi connectivity index (χ3v) is 3.98. The Labute approximate surface area is 99.0 Å². The minimum absolute atomic E-state index is 0.587. The van der Waals surface area contributed by atoms with Crippen LogP contribution in [0, 0.1) is 5.92 Å². The van der Waals surface area contributed by atoms with Crippen molar-refractivity contribution in [1.29, 1.82) is 0 Å². The second kappa shape index (κ2) is 5.03. The molecule has 1 heterocycles. The molecule has 3 atom stereocenters. The topological polar surface area (TPSA) is 44.3 Å². The lowest BCUT2D eigenvalue weighted by atomic mass is 9.92. The standard InChI is InChI=1S/C13H26N2O/c1-13(2,16)9-15-12-6-3-5-10(12)11-7-4-8-14-11/h10-12,14-16H,3-9H2,1-2H3. The highest BCUT2D eigenvalue weighted by Crippen LogP contribution is 2.32. The van der Waals surface area contributed by atoms with Crippen LogP contribution < -0.4 is 10.6 Å². The van der Waals surface area contributed by atoms with Crippen LogP contribution in [0.15, 0.2) is 0 Å². The lowest BCUT2D eigenvalue weighted by Crippen LogP contribution is -2.46. The molecule has 0 aromatic carbocycles. The van der Waals surface area contributed by atoms with Crippen molar-refractivity contribution < 1.29 is 5.11 Å². The van der Waals surface area contributed by atoms with Crippen molar-refractivity contribution >= 4 is 0 Å². The number of rotatable bonds is 4. The molecule has 3 heteroatoms. The molecule has 2 fully saturated rings. The van der Waals surface area contributed by atoms with Crippen LogP contribution in [0.1, 0.15) is 46.0 Å². The van der Waals surface area contributed by atoms with Gasteiger partial charge in [-0.15, -0.1) is 0 Å². The van der Waals surface area contributed by atoms with Crippen LogP contribution in [0.4, 0.5) is 0 Å². The van der Waals surface area contributed by atoms with E-state index in [4.69, 9.17) is 0 Å². The van der Waals surface area contributed by atoms with E-state index in [0.717, 1.165) is 12.0 Å². The van der Waals surface area contributed by atoms with E-state index in [1.807, 2.05) is 13.8 Å². The van der Waals surface area contributed by atoms with Crippen molar-refractivity contribution in [2.24, 2.45) is 5.92 Å². The Balaban J connectivity index is 1.83. The van der Waals surface area contributed by atoms with Gasteiger partial charge >= 0.3 is 0 Å². The highest BCUT2D eigenvalue weighted by Gasteiger charge is 2.35. The second-order valence-electron chi connectivity index (χ2n) is 6.10. The molecular formula is C13H26N2O. The third-order valence-electron chi connectivity index (χ3n) is 3.98. The Hall–Kier alpha value is -0.120. The average molecular weight is 226 g/mol. The van der Waals surface area contributed by atoms with Gasteiger partial charge in [-0.05, 0) is 52.0 Å². The Morgan fingerprint density at radius 2 is 2.06 bits per heavy atom. The predicted molar refractivity (Wildman–Crippen MR) is 66.5 cm³/mol. The first-order valence-corrected chi connectivity index (χ1v) is 6.75. The van der Waals surface area contributed by atoms with Crippen molar-refractivity contribution in [3.63, 3.8) is 0 Å². The maximum absolute atomic E-state index is 9.75. The van der Waals surface area contributed by atoms with Gasteiger partial charge in [0.05, 0.1) is 5.60 Å². The van der Waals surface area contributed by atoms with E-state index in [1.165, 1.54) is 38.6 Å². The molecule has 0 amide bonds. The van der Waals surface area contributed by atoms with E-state index in [9.17, 15) is 5.11 Å². The molecule has 1 aliphatic heterocycles. The van der Waals surface area contributed by atoms with Crippen molar-refractivity contribution in [1.82, 2.24) is 10.6 Å². The van der Waals surface area contributed by atoms with E-state index in [2.05, 4.69) is 10.6 Å². The third kappa shape index (κ3) is 3.19. The molecule has 1 aliphatic carbocycles. The summed E-state index contributed by atoms with van der Waals surface area (Å²) in [5, 5.41) is 16.9. The molecule has 3 N–H and O–H groups in total.